The molecule has 8 heteroatoms. The number of nitrogens with zero attached hydrogens (tertiary/aromatic N) is 4. The number of rotatable bonds is 6. The van der Waals surface area contributed by atoms with Gasteiger partial charge in [-0.25, -0.2) is 4.99 Å². The Bertz CT molecular complexity index is 781. The molecule has 0 radical (unpaired) electrons. The lowest BCUT2D eigenvalue weighted by atomic mass is 9.87. The van der Waals surface area contributed by atoms with E-state index in [4.69, 9.17) is 9.73 Å². The number of halogens is 1. The normalized spacial score (nSPS) is 19.4. The Morgan fingerprint density at radius 2 is 1.86 bits per heavy atom. The Labute approximate surface area is 190 Å². The molecule has 1 aromatic carbocycles. The maximum atomic E-state index is 5.23. The van der Waals surface area contributed by atoms with E-state index in [1.807, 2.05) is 42.8 Å². The third kappa shape index (κ3) is 6.87. The van der Waals surface area contributed by atoms with Crippen LogP contribution in [-0.4, -0.2) is 33.9 Å². The van der Waals surface area contributed by atoms with Crippen LogP contribution in [0.3, 0.4) is 0 Å². The highest BCUT2D eigenvalue weighted by atomic mass is 127. The maximum absolute atomic E-state index is 5.23. The number of aromatic nitrogens is 3. The van der Waals surface area contributed by atoms with E-state index in [1.54, 1.807) is 7.11 Å². The third-order valence-electron chi connectivity index (χ3n) is 5.53. The molecule has 0 aliphatic heterocycles. The Morgan fingerprint density at radius 3 is 2.45 bits per heavy atom. The summed E-state index contributed by atoms with van der Waals surface area (Å²) in [4.78, 5) is 4.81. The van der Waals surface area contributed by atoms with Gasteiger partial charge in [0.2, 0.25) is 0 Å². The van der Waals surface area contributed by atoms with Crippen LogP contribution < -0.4 is 15.4 Å². The fourth-order valence-corrected chi connectivity index (χ4v) is 3.42. The molecule has 0 saturated heterocycles. The smallest absolute Gasteiger partial charge is 0.192 e. The van der Waals surface area contributed by atoms with Gasteiger partial charge in [0.1, 0.15) is 11.6 Å². The molecular weight excluding hydrogens is 479 g/mol. The highest BCUT2D eigenvalue weighted by molar-refractivity contribution is 14.0. The van der Waals surface area contributed by atoms with Crippen molar-refractivity contribution >= 4 is 29.9 Å². The first-order chi connectivity index (χ1) is 13.5. The quantitative estimate of drug-likeness (QED) is 0.352. The summed E-state index contributed by atoms with van der Waals surface area (Å²) in [5.41, 5.74) is 1.15. The highest BCUT2D eigenvalue weighted by Crippen LogP contribution is 2.23. The Hall–Kier alpha value is -1.84. The van der Waals surface area contributed by atoms with Gasteiger partial charge in [-0.1, -0.05) is 19.1 Å². The second-order valence-corrected chi connectivity index (χ2v) is 7.69. The van der Waals surface area contributed by atoms with Gasteiger partial charge in [0.05, 0.1) is 20.2 Å². The van der Waals surface area contributed by atoms with Crippen LogP contribution in [0.4, 0.5) is 0 Å². The summed E-state index contributed by atoms with van der Waals surface area (Å²) in [6.07, 6.45) is 4.92. The van der Waals surface area contributed by atoms with Crippen molar-refractivity contribution in [3.05, 3.63) is 41.5 Å². The van der Waals surface area contributed by atoms with E-state index in [9.17, 15) is 0 Å². The predicted molar refractivity (Wildman–Crippen MR) is 127 cm³/mol. The molecule has 1 aliphatic rings. The van der Waals surface area contributed by atoms with E-state index < -0.39 is 0 Å². The fraction of sp³-hybridized carbons (Fsp3) is 0.571. The molecule has 160 valence electrons. The molecule has 0 atom stereocenters. The van der Waals surface area contributed by atoms with E-state index in [1.165, 1.54) is 25.7 Å². The lowest BCUT2D eigenvalue weighted by molar-refractivity contribution is 0.329. The summed E-state index contributed by atoms with van der Waals surface area (Å²) in [5, 5.41) is 15.4. The molecular formula is C21H33IN6O. The molecule has 2 N–H and O–H groups in total. The minimum Gasteiger partial charge on any atom is -0.497 e. The Kier molecular flexibility index (Phi) is 9.19. The van der Waals surface area contributed by atoms with E-state index in [-0.39, 0.29) is 24.0 Å². The van der Waals surface area contributed by atoms with Crippen LogP contribution in [0.25, 0.3) is 0 Å². The minimum absolute atomic E-state index is 0. The van der Waals surface area contributed by atoms with Crippen molar-refractivity contribution in [2.24, 2.45) is 18.0 Å². The first-order valence-corrected chi connectivity index (χ1v) is 10.1. The average molecular weight is 512 g/mol. The number of benzene rings is 1. The van der Waals surface area contributed by atoms with Crippen molar-refractivity contribution in [3.63, 3.8) is 0 Å². The average Bonchev–Trinajstić information content (AvgIpc) is 3.04. The van der Waals surface area contributed by atoms with Crippen molar-refractivity contribution < 1.29 is 4.74 Å². The zero-order valence-electron chi connectivity index (χ0n) is 17.8. The van der Waals surface area contributed by atoms with Gasteiger partial charge in [-0.3, -0.25) is 0 Å². The summed E-state index contributed by atoms with van der Waals surface area (Å²) in [7, 11) is 3.66. The van der Waals surface area contributed by atoms with Gasteiger partial charge in [0, 0.05) is 13.1 Å². The molecule has 1 fully saturated rings. The number of methoxy groups -OCH3 is 1. The topological polar surface area (TPSA) is 76.4 Å². The van der Waals surface area contributed by atoms with Gasteiger partial charge in [0.15, 0.2) is 11.8 Å². The molecule has 29 heavy (non-hydrogen) atoms. The van der Waals surface area contributed by atoms with Crippen molar-refractivity contribution in [1.82, 2.24) is 25.4 Å². The second-order valence-electron chi connectivity index (χ2n) is 7.69. The Morgan fingerprint density at radius 1 is 1.17 bits per heavy atom. The molecule has 1 aliphatic carbocycles. The zero-order chi connectivity index (χ0) is 19.9. The number of aryl methyl sites for hydroxylation is 1. The first kappa shape index (κ1) is 23.4. The van der Waals surface area contributed by atoms with Gasteiger partial charge in [-0.15, -0.1) is 34.2 Å². The summed E-state index contributed by atoms with van der Waals surface area (Å²) in [6, 6.07) is 8.51. The second kappa shape index (κ2) is 11.4. The van der Waals surface area contributed by atoms with Crippen molar-refractivity contribution in [2.45, 2.75) is 58.7 Å². The molecule has 1 aromatic heterocycles. The van der Waals surface area contributed by atoms with Crippen LogP contribution in [0, 0.1) is 12.8 Å². The molecule has 7 nitrogen and oxygen atoms in total. The van der Waals surface area contributed by atoms with Gasteiger partial charge >= 0.3 is 0 Å². The van der Waals surface area contributed by atoms with Crippen LogP contribution in [-0.2, 0) is 20.1 Å². The van der Waals surface area contributed by atoms with Crippen LogP contribution in [0.5, 0.6) is 5.75 Å². The van der Waals surface area contributed by atoms with E-state index in [0.29, 0.717) is 19.1 Å². The van der Waals surface area contributed by atoms with Crippen molar-refractivity contribution in [2.75, 3.05) is 7.11 Å². The third-order valence-corrected chi connectivity index (χ3v) is 5.53. The predicted octanol–water partition coefficient (Wildman–Crippen LogP) is 3.56. The van der Waals surface area contributed by atoms with Crippen LogP contribution in [0.1, 0.15) is 49.8 Å². The SMILES string of the molecule is COc1ccc(CN=C(NCc2nnc(C)n2C)NC2CCC(C)CC2)cc1.I. The van der Waals surface area contributed by atoms with Gasteiger partial charge in [0.25, 0.3) is 0 Å². The van der Waals surface area contributed by atoms with Crippen LogP contribution in [0.2, 0.25) is 0 Å². The standard InChI is InChI=1S/C21H32N6O.HI/c1-15-5-9-18(10-6-15)24-21(23-14-20-26-25-16(2)27(20)3)22-13-17-7-11-19(28-4)12-8-17;/h7-8,11-12,15,18H,5-6,9-10,13-14H2,1-4H3,(H2,22,23,24);1H. The Balaban J connectivity index is 0.00000300. The van der Waals surface area contributed by atoms with E-state index in [2.05, 4.69) is 27.8 Å². The number of nitrogens with one attached hydrogen (secondary N) is 2. The molecule has 0 unspecified atom stereocenters. The molecule has 1 saturated carbocycles. The summed E-state index contributed by atoms with van der Waals surface area (Å²) in [6.45, 7) is 5.50. The van der Waals surface area contributed by atoms with Gasteiger partial charge in [-0.2, -0.15) is 0 Å². The summed E-state index contributed by atoms with van der Waals surface area (Å²) < 4.78 is 7.23. The lowest BCUT2D eigenvalue weighted by Crippen LogP contribution is -2.44. The van der Waals surface area contributed by atoms with Gasteiger partial charge < -0.3 is 19.9 Å². The monoisotopic (exact) mass is 512 g/mol. The first-order valence-electron chi connectivity index (χ1n) is 10.1. The summed E-state index contributed by atoms with van der Waals surface area (Å²) in [5.74, 6) is 4.32. The largest absolute Gasteiger partial charge is 0.497 e. The zero-order valence-corrected chi connectivity index (χ0v) is 20.1. The number of aliphatic imine (C=N–C) groups is 1. The highest BCUT2D eigenvalue weighted by Gasteiger charge is 2.19. The van der Waals surface area contributed by atoms with Crippen molar-refractivity contribution in [3.8, 4) is 5.75 Å². The fourth-order valence-electron chi connectivity index (χ4n) is 3.42. The van der Waals surface area contributed by atoms with E-state index >= 15 is 0 Å². The van der Waals surface area contributed by atoms with Crippen LogP contribution >= 0.6 is 24.0 Å². The molecule has 0 amide bonds. The lowest BCUT2D eigenvalue weighted by Gasteiger charge is -2.28. The molecule has 0 bridgehead atoms. The van der Waals surface area contributed by atoms with E-state index in [0.717, 1.165) is 34.8 Å². The molecule has 0 spiro atoms. The number of guanidine groups is 1. The molecule has 2 aromatic rings. The summed E-state index contributed by atoms with van der Waals surface area (Å²) >= 11 is 0. The number of hydrogen-bond acceptors (Lipinski definition) is 4. The molecule has 1 heterocycles. The molecule has 3 rings (SSSR count). The van der Waals surface area contributed by atoms with Crippen LogP contribution in [0.15, 0.2) is 29.3 Å². The maximum Gasteiger partial charge on any atom is 0.192 e. The van der Waals surface area contributed by atoms with Crippen molar-refractivity contribution in [1.29, 1.82) is 0 Å². The van der Waals surface area contributed by atoms with Gasteiger partial charge in [-0.05, 0) is 56.2 Å². The minimum atomic E-state index is 0. The number of ether oxygens (including phenoxy) is 1. The number of hydrogen-bond donors (Lipinski definition) is 2.